The third kappa shape index (κ3) is 8.34. The second-order valence-electron chi connectivity index (χ2n) is 7.39. The highest BCUT2D eigenvalue weighted by Gasteiger charge is 2.86. The maximum absolute atomic E-state index is 13.1. The zero-order chi connectivity index (χ0) is 38.7. The molecule has 0 aliphatic carbocycles. The molecule has 0 atom stereocenters. The molecule has 34 heteroatoms. The van der Waals surface area contributed by atoms with Crippen LogP contribution in [0.15, 0.2) is 0 Å². The van der Waals surface area contributed by atoms with Gasteiger partial charge in [-0.05, 0) is 0 Å². The molecule has 6 nitrogen and oxygen atoms in total. The van der Waals surface area contributed by atoms with Crippen LogP contribution in [0.25, 0.3) is 0 Å². The van der Waals surface area contributed by atoms with Crippen molar-refractivity contribution in [2.45, 2.75) is 79.0 Å². The van der Waals surface area contributed by atoms with Crippen LogP contribution in [0, 0.1) is 0 Å². The molecule has 0 fully saturated rings. The second-order valence-corrected chi connectivity index (χ2v) is 7.39. The third-order valence-electron chi connectivity index (χ3n) is 3.91. The number of hydrogen-bond acceptors (Lipinski definition) is 6. The van der Waals surface area contributed by atoms with E-state index >= 15 is 0 Å². The van der Waals surface area contributed by atoms with E-state index in [9.17, 15) is 123 Å². The summed E-state index contributed by atoms with van der Waals surface area (Å²) < 4.78 is 358. The summed E-state index contributed by atoms with van der Waals surface area (Å²) in [5, 5.41) is 0. The lowest BCUT2D eigenvalue weighted by molar-refractivity contribution is -0.674. The zero-order valence-electron chi connectivity index (χ0n) is 19.5. The minimum absolute atomic E-state index is 1.12. The molecule has 0 N–H and O–H groups in total. The van der Waals surface area contributed by atoms with E-state index in [2.05, 4.69) is 0 Å². The molecule has 0 unspecified atom stereocenters. The van der Waals surface area contributed by atoms with Crippen molar-refractivity contribution in [3.63, 3.8) is 0 Å². The quantitative estimate of drug-likeness (QED) is 0.0677. The van der Waals surface area contributed by atoms with Gasteiger partial charge in [0.15, 0.2) is 0 Å². The van der Waals surface area contributed by atoms with Crippen molar-refractivity contribution in [3.05, 3.63) is 0 Å². The Balaban J connectivity index is 5.89. The van der Waals surface area contributed by atoms with E-state index < -0.39 is 79.0 Å². The van der Waals surface area contributed by atoms with Gasteiger partial charge in [0, 0.05) is 0 Å². The van der Waals surface area contributed by atoms with Crippen LogP contribution in [0.1, 0.15) is 0 Å². The van der Waals surface area contributed by atoms with Gasteiger partial charge < -0.3 is 0 Å². The maximum atomic E-state index is 13.1. The SMILES string of the molecule is FC(F)(OOC(F)(F)C(F)(F)OC(F)(F)C(F)(F)C(F)(F)C(F)(F)F)OOC(F)(F)C(F)(F)OC(F)(F)C(F)(F)C(F)(F)C(F)(F)F. The van der Waals surface area contributed by atoms with Gasteiger partial charge in [0.1, 0.15) is 0 Å². The Labute approximate surface area is 232 Å². The summed E-state index contributed by atoms with van der Waals surface area (Å²) in [6.07, 6.45) is -70.0. The molecule has 0 bridgehead atoms. The van der Waals surface area contributed by atoms with Crippen LogP contribution in [-0.2, 0) is 29.0 Å². The smallest absolute Gasteiger partial charge is 0.243 e. The van der Waals surface area contributed by atoms with Crippen molar-refractivity contribution in [1.29, 1.82) is 0 Å². The Morgan fingerprint density at radius 1 is 0.213 bits per heavy atom. The molecule has 47 heavy (non-hydrogen) atoms. The Hall–Kier alpha value is -2.20. The highest BCUT2D eigenvalue weighted by Crippen LogP contribution is 2.57. The van der Waals surface area contributed by atoms with Crippen molar-refractivity contribution in [3.8, 4) is 0 Å². The van der Waals surface area contributed by atoms with E-state index in [4.69, 9.17) is 0 Å². The number of ether oxygens (including phenoxy) is 2. The van der Waals surface area contributed by atoms with E-state index in [0.29, 0.717) is 0 Å². The van der Waals surface area contributed by atoms with Crippen LogP contribution in [0.3, 0.4) is 0 Å². The number of hydrogen-bond donors (Lipinski definition) is 0. The molecule has 0 aromatic rings. The van der Waals surface area contributed by atoms with Gasteiger partial charge >= 0.3 is 79.0 Å². The first-order valence-electron chi connectivity index (χ1n) is 9.26. The van der Waals surface area contributed by atoms with Gasteiger partial charge in [-0.25, -0.2) is 9.47 Å². The van der Waals surface area contributed by atoms with Crippen molar-refractivity contribution in [2.75, 3.05) is 0 Å². The van der Waals surface area contributed by atoms with Crippen molar-refractivity contribution >= 4 is 0 Å². The predicted molar refractivity (Wildman–Crippen MR) is 73.0 cm³/mol. The lowest BCUT2D eigenvalue weighted by Gasteiger charge is -2.36. The molecule has 0 aliphatic rings. The van der Waals surface area contributed by atoms with E-state index in [1.165, 1.54) is 9.78 Å². The summed E-state index contributed by atoms with van der Waals surface area (Å²) in [5.41, 5.74) is 0. The fourth-order valence-electron chi connectivity index (χ4n) is 1.60. The topological polar surface area (TPSA) is 55.4 Å². The molecule has 0 saturated carbocycles. The predicted octanol–water partition coefficient (Wildman–Crippen LogP) is 8.69. The van der Waals surface area contributed by atoms with Gasteiger partial charge in [-0.1, -0.05) is 0 Å². The first-order valence-corrected chi connectivity index (χ1v) is 9.26. The lowest BCUT2D eigenvalue weighted by Crippen LogP contribution is -2.64. The standard InChI is InChI=1S/C13F28O6/c14-1(15,5(22,23)24)3(18,19)7(28,29)42-9(32,33)11(36,37)44-46-13(40,41)47-45-12(38,39)10(34,35)43-8(30,31)4(20,21)2(16,17)6(25,26)27. The summed E-state index contributed by atoms with van der Waals surface area (Å²) in [6, 6.07) is 0. The first kappa shape index (κ1) is 44.8. The molecule has 0 rings (SSSR count). The number of alkyl halides is 28. The lowest BCUT2D eigenvalue weighted by atomic mass is 10.1. The van der Waals surface area contributed by atoms with E-state index in [0.717, 1.165) is 9.47 Å². The molecule has 0 aliphatic heterocycles. The van der Waals surface area contributed by atoms with Gasteiger partial charge in [0.05, 0.1) is 0 Å². The third-order valence-corrected chi connectivity index (χ3v) is 3.91. The fourth-order valence-corrected chi connectivity index (χ4v) is 1.60. The highest BCUT2D eigenvalue weighted by atomic mass is 19.4. The molecule has 0 radical (unpaired) electrons. The van der Waals surface area contributed by atoms with Gasteiger partial charge in [-0.15, -0.1) is 28.3 Å². The molecule has 0 spiro atoms. The number of halogens is 28. The zero-order valence-corrected chi connectivity index (χ0v) is 19.5. The van der Waals surface area contributed by atoms with Crippen molar-refractivity contribution in [1.82, 2.24) is 0 Å². The molecule has 0 saturated heterocycles. The van der Waals surface area contributed by atoms with Gasteiger partial charge in [-0.2, -0.15) is 114 Å². The molecular formula is C13F28O6. The van der Waals surface area contributed by atoms with Crippen LogP contribution >= 0.6 is 0 Å². The molecule has 0 aromatic heterocycles. The minimum atomic E-state index is -8.29. The average molecular weight is 784 g/mol. The first-order chi connectivity index (χ1) is 19.8. The summed E-state index contributed by atoms with van der Waals surface area (Å²) in [6.45, 7) is 0. The Morgan fingerprint density at radius 2 is 0.426 bits per heavy atom. The normalized spacial score (nSPS) is 16.6. The van der Waals surface area contributed by atoms with Crippen LogP contribution in [0.2, 0.25) is 0 Å². The summed E-state index contributed by atoms with van der Waals surface area (Å²) in [5.74, 6) is -32.8. The fraction of sp³-hybridized carbons (Fsp3) is 1.00. The Bertz CT molecular complexity index is 992. The van der Waals surface area contributed by atoms with Crippen LogP contribution in [-0.4, -0.2) is 79.0 Å². The summed E-state index contributed by atoms with van der Waals surface area (Å²) in [4.78, 5) is 6.15. The van der Waals surface area contributed by atoms with Gasteiger partial charge in [-0.3, -0.25) is 0 Å². The van der Waals surface area contributed by atoms with Crippen molar-refractivity contribution in [2.24, 2.45) is 0 Å². The molecular weight excluding hydrogens is 784 g/mol. The van der Waals surface area contributed by atoms with Gasteiger partial charge in [0.25, 0.3) is 0 Å². The summed E-state index contributed by atoms with van der Waals surface area (Å²) >= 11 is 0. The van der Waals surface area contributed by atoms with Crippen LogP contribution in [0.4, 0.5) is 123 Å². The monoisotopic (exact) mass is 784 g/mol. The molecule has 284 valence electrons. The van der Waals surface area contributed by atoms with Crippen LogP contribution in [0.5, 0.6) is 0 Å². The van der Waals surface area contributed by atoms with Crippen LogP contribution < -0.4 is 0 Å². The minimum Gasteiger partial charge on any atom is -0.243 e. The molecule has 0 heterocycles. The second kappa shape index (κ2) is 12.0. The van der Waals surface area contributed by atoms with E-state index in [1.807, 2.05) is 0 Å². The largest absolute Gasteiger partial charge is 0.539 e. The Kier molecular flexibility index (Phi) is 11.4. The summed E-state index contributed by atoms with van der Waals surface area (Å²) in [7, 11) is 0. The molecule has 0 aromatic carbocycles. The van der Waals surface area contributed by atoms with E-state index in [-0.39, 0.29) is 0 Å². The maximum Gasteiger partial charge on any atom is 0.539 e. The average Bonchev–Trinajstić information content (AvgIpc) is 2.78. The van der Waals surface area contributed by atoms with E-state index in [1.54, 1.807) is 9.78 Å². The highest BCUT2D eigenvalue weighted by molar-refractivity contribution is 4.98. The van der Waals surface area contributed by atoms with Crippen molar-refractivity contribution < 1.29 is 152 Å². The Morgan fingerprint density at radius 3 is 0.617 bits per heavy atom. The molecule has 0 amide bonds. The number of rotatable bonds is 16. The van der Waals surface area contributed by atoms with Gasteiger partial charge in [0.2, 0.25) is 0 Å².